The zero-order valence-electron chi connectivity index (χ0n) is 17.0. The highest BCUT2D eigenvalue weighted by Gasteiger charge is 2.28. The van der Waals surface area contributed by atoms with E-state index in [-0.39, 0.29) is 0 Å². The van der Waals surface area contributed by atoms with Crippen molar-refractivity contribution in [1.82, 2.24) is 14.7 Å². The molecule has 0 spiro atoms. The second kappa shape index (κ2) is 11.4. The first-order valence-corrected chi connectivity index (χ1v) is 10.5. The zero-order valence-corrected chi connectivity index (χ0v) is 17.0. The van der Waals surface area contributed by atoms with Crippen molar-refractivity contribution in [2.24, 2.45) is 5.92 Å². The lowest BCUT2D eigenvalue weighted by Gasteiger charge is -2.42. The summed E-state index contributed by atoms with van der Waals surface area (Å²) >= 11 is 0. The number of nitrogens with zero attached hydrogens (tertiary/aromatic N) is 3. The van der Waals surface area contributed by atoms with Crippen LogP contribution in [0.1, 0.15) is 51.4 Å². The van der Waals surface area contributed by atoms with Gasteiger partial charge in [-0.1, -0.05) is 25.7 Å². The Morgan fingerprint density at radius 1 is 0.821 bits per heavy atom. The van der Waals surface area contributed by atoms with Gasteiger partial charge in [0.2, 0.25) is 5.91 Å². The molecule has 1 amide bonds. The number of amides is 1. The summed E-state index contributed by atoms with van der Waals surface area (Å²) in [6, 6.07) is 0.715. The van der Waals surface area contributed by atoms with Crippen LogP contribution in [0.15, 0.2) is 0 Å². The van der Waals surface area contributed by atoms with E-state index in [4.69, 9.17) is 19.8 Å². The van der Waals surface area contributed by atoms with E-state index in [2.05, 4.69) is 21.7 Å². The fourth-order valence-electron chi connectivity index (χ4n) is 4.45. The van der Waals surface area contributed by atoms with Crippen LogP contribution < -0.4 is 0 Å². The van der Waals surface area contributed by atoms with E-state index < -0.39 is 11.9 Å². The van der Waals surface area contributed by atoms with Crippen LogP contribution in [0.2, 0.25) is 0 Å². The summed E-state index contributed by atoms with van der Waals surface area (Å²) in [5.41, 5.74) is 0. The number of carbonyl (C=O) groups is 3. The second-order valence-electron chi connectivity index (χ2n) is 8.25. The van der Waals surface area contributed by atoms with Crippen LogP contribution in [0.5, 0.6) is 0 Å². The summed E-state index contributed by atoms with van der Waals surface area (Å²) in [7, 11) is 2.21. The van der Waals surface area contributed by atoms with Gasteiger partial charge in [-0.3, -0.25) is 9.69 Å². The normalized spacial score (nSPS) is 22.5. The third-order valence-electron chi connectivity index (χ3n) is 6.30. The highest BCUT2D eigenvalue weighted by atomic mass is 16.4. The Labute approximate surface area is 167 Å². The second-order valence-corrected chi connectivity index (χ2v) is 8.25. The molecule has 0 aromatic carbocycles. The number of likely N-dealkylation sites (tertiary alicyclic amines) is 1. The minimum atomic E-state index is -1.82. The van der Waals surface area contributed by atoms with Crippen LogP contribution in [-0.2, 0) is 14.4 Å². The summed E-state index contributed by atoms with van der Waals surface area (Å²) in [5, 5.41) is 14.8. The number of piperazine rings is 1. The molecule has 3 fully saturated rings. The molecule has 0 atom stereocenters. The van der Waals surface area contributed by atoms with E-state index >= 15 is 0 Å². The minimum absolute atomic E-state index is 0.420. The third kappa shape index (κ3) is 7.39. The molecule has 0 radical (unpaired) electrons. The number of piperidine rings is 1. The van der Waals surface area contributed by atoms with E-state index in [1.807, 2.05) is 0 Å². The van der Waals surface area contributed by atoms with Crippen LogP contribution in [0.25, 0.3) is 0 Å². The van der Waals surface area contributed by atoms with Gasteiger partial charge in [-0.05, 0) is 32.2 Å². The third-order valence-corrected chi connectivity index (χ3v) is 6.30. The quantitative estimate of drug-likeness (QED) is 0.691. The maximum Gasteiger partial charge on any atom is 0.414 e. The average Bonchev–Trinajstić information content (AvgIpc) is 3.21. The highest BCUT2D eigenvalue weighted by molar-refractivity contribution is 6.27. The fourth-order valence-corrected chi connectivity index (χ4v) is 4.45. The number of hydrogen-bond donors (Lipinski definition) is 2. The van der Waals surface area contributed by atoms with Crippen LogP contribution in [0, 0.1) is 5.92 Å². The van der Waals surface area contributed by atoms with Crippen molar-refractivity contribution >= 4 is 17.8 Å². The summed E-state index contributed by atoms with van der Waals surface area (Å²) < 4.78 is 0. The minimum Gasteiger partial charge on any atom is -0.473 e. The Kier molecular flexibility index (Phi) is 9.18. The number of rotatable bonds is 4. The molecule has 2 aliphatic heterocycles. The molecule has 8 nitrogen and oxygen atoms in total. The first-order valence-electron chi connectivity index (χ1n) is 10.5. The number of carboxylic acids is 2. The average molecular weight is 398 g/mol. The zero-order chi connectivity index (χ0) is 20.5. The first kappa shape index (κ1) is 22.6. The van der Waals surface area contributed by atoms with Crippen molar-refractivity contribution in [3.05, 3.63) is 0 Å². The lowest BCUT2D eigenvalue weighted by atomic mass is 9.99. The van der Waals surface area contributed by atoms with Crippen molar-refractivity contribution in [3.8, 4) is 0 Å². The van der Waals surface area contributed by atoms with Gasteiger partial charge >= 0.3 is 11.9 Å². The van der Waals surface area contributed by atoms with Gasteiger partial charge in [0.15, 0.2) is 0 Å². The van der Waals surface area contributed by atoms with Gasteiger partial charge in [0.1, 0.15) is 0 Å². The Balaban J connectivity index is 0.000000409. The van der Waals surface area contributed by atoms with Gasteiger partial charge in [0.25, 0.3) is 0 Å². The lowest BCUT2D eigenvalue weighted by molar-refractivity contribution is -0.159. The maximum absolute atomic E-state index is 12.4. The molecular weight excluding hydrogens is 362 g/mol. The predicted molar refractivity (Wildman–Crippen MR) is 105 cm³/mol. The molecule has 0 aromatic heterocycles. The number of likely N-dealkylation sites (N-methyl/N-ethyl adjacent to an activating group) is 1. The van der Waals surface area contributed by atoms with Crippen LogP contribution in [0.3, 0.4) is 0 Å². The summed E-state index contributed by atoms with van der Waals surface area (Å²) in [5.74, 6) is -2.39. The summed E-state index contributed by atoms with van der Waals surface area (Å²) in [4.78, 5) is 37.8. The first-order chi connectivity index (χ1) is 13.4. The van der Waals surface area contributed by atoms with Gasteiger partial charge in [0.05, 0.1) is 0 Å². The van der Waals surface area contributed by atoms with E-state index in [1.54, 1.807) is 0 Å². The van der Waals surface area contributed by atoms with Crippen LogP contribution >= 0.6 is 0 Å². The number of carbonyl (C=O) groups excluding carboxylic acids is 1. The van der Waals surface area contributed by atoms with Gasteiger partial charge in [-0.25, -0.2) is 9.59 Å². The van der Waals surface area contributed by atoms with Crippen LogP contribution in [-0.4, -0.2) is 95.1 Å². The number of hydrogen-bond acceptors (Lipinski definition) is 5. The molecule has 0 bridgehead atoms. The fraction of sp³-hybridized carbons (Fsp3) is 0.850. The smallest absolute Gasteiger partial charge is 0.414 e. The molecule has 28 heavy (non-hydrogen) atoms. The SMILES string of the molecule is CN1CCN(C2CCN(C(=O)CCC3CCCC3)CC2)CC1.O=C(O)C(=O)O. The molecule has 160 valence electrons. The molecule has 3 aliphatic rings. The van der Waals surface area contributed by atoms with Gasteiger partial charge in [-0.15, -0.1) is 0 Å². The van der Waals surface area contributed by atoms with E-state index in [0.29, 0.717) is 11.9 Å². The summed E-state index contributed by atoms with van der Waals surface area (Å²) in [6.45, 7) is 6.77. The van der Waals surface area contributed by atoms with Crippen molar-refractivity contribution in [3.63, 3.8) is 0 Å². The Morgan fingerprint density at radius 3 is 1.86 bits per heavy atom. The summed E-state index contributed by atoms with van der Waals surface area (Å²) in [6.07, 6.45) is 9.78. The van der Waals surface area contributed by atoms with E-state index in [0.717, 1.165) is 31.8 Å². The molecule has 0 unspecified atom stereocenters. The van der Waals surface area contributed by atoms with E-state index in [9.17, 15) is 4.79 Å². The molecule has 1 saturated carbocycles. The molecule has 2 N–H and O–H groups in total. The van der Waals surface area contributed by atoms with Gasteiger partial charge < -0.3 is 20.0 Å². The standard InChI is InChI=1S/C18H33N3O.C2H2O4/c1-19-12-14-20(15-13-19)17-8-10-21(11-9-17)18(22)7-6-16-4-2-3-5-16;3-1(4)2(5)6/h16-17H,2-15H2,1H3;(H,3,4)(H,5,6). The molecular formula is C20H35N3O5. The molecule has 8 heteroatoms. The van der Waals surface area contributed by atoms with Crippen molar-refractivity contribution < 1.29 is 24.6 Å². The molecule has 3 rings (SSSR count). The van der Waals surface area contributed by atoms with Gasteiger partial charge in [0, 0.05) is 51.7 Å². The maximum atomic E-state index is 12.4. The predicted octanol–water partition coefficient (Wildman–Crippen LogP) is 1.35. The molecule has 2 saturated heterocycles. The van der Waals surface area contributed by atoms with Crippen molar-refractivity contribution in [2.45, 2.75) is 57.4 Å². The Bertz CT molecular complexity index is 508. The molecule has 2 heterocycles. The number of aliphatic carboxylic acids is 2. The monoisotopic (exact) mass is 397 g/mol. The van der Waals surface area contributed by atoms with Crippen molar-refractivity contribution in [1.29, 1.82) is 0 Å². The van der Waals surface area contributed by atoms with E-state index in [1.165, 1.54) is 64.7 Å². The highest BCUT2D eigenvalue weighted by Crippen LogP contribution is 2.29. The Hall–Kier alpha value is -1.67. The Morgan fingerprint density at radius 2 is 1.36 bits per heavy atom. The largest absolute Gasteiger partial charge is 0.473 e. The molecule has 1 aliphatic carbocycles. The van der Waals surface area contributed by atoms with Gasteiger partial charge in [-0.2, -0.15) is 0 Å². The molecule has 0 aromatic rings. The van der Waals surface area contributed by atoms with Crippen LogP contribution in [0.4, 0.5) is 0 Å². The lowest BCUT2D eigenvalue weighted by Crippen LogP contribution is -2.52. The number of carboxylic acid groups (broad SMARTS) is 2. The van der Waals surface area contributed by atoms with Crippen molar-refractivity contribution in [2.75, 3.05) is 46.3 Å². The topological polar surface area (TPSA) is 101 Å².